The number of halogens is 1. The van der Waals surface area contributed by atoms with Crippen molar-refractivity contribution in [2.24, 2.45) is 0 Å². The Kier molecular flexibility index (Phi) is 6.67. The summed E-state index contributed by atoms with van der Waals surface area (Å²) in [6.07, 6.45) is 0.626. The van der Waals surface area contributed by atoms with E-state index in [1.807, 2.05) is 18.2 Å². The van der Waals surface area contributed by atoms with Crippen LogP contribution in [0.5, 0.6) is 11.5 Å². The molecule has 7 nitrogen and oxygen atoms in total. The molecule has 1 aromatic heterocycles. The molecule has 35 heavy (non-hydrogen) atoms. The smallest absolute Gasteiger partial charge is 0.266 e. The fourth-order valence-electron chi connectivity index (χ4n) is 3.83. The summed E-state index contributed by atoms with van der Waals surface area (Å²) in [6, 6.07) is 18.6. The van der Waals surface area contributed by atoms with Gasteiger partial charge in [-0.3, -0.25) is 14.2 Å². The molecule has 0 fully saturated rings. The molecule has 4 aromatic rings. The fourth-order valence-corrected chi connectivity index (χ4v) is 4.66. The highest BCUT2D eigenvalue weighted by atomic mass is 32.2. The van der Waals surface area contributed by atoms with E-state index in [2.05, 4.69) is 10.3 Å². The number of fused-ring (bicyclic) bond motifs is 2. The lowest BCUT2D eigenvalue weighted by Crippen LogP contribution is -2.28. The molecule has 1 N–H and O–H groups in total. The second-order valence-electron chi connectivity index (χ2n) is 7.87. The van der Waals surface area contributed by atoms with Crippen LogP contribution in [-0.4, -0.2) is 41.0 Å². The minimum atomic E-state index is -0.544. The summed E-state index contributed by atoms with van der Waals surface area (Å²) >= 11 is 1.09. The topological polar surface area (TPSA) is 82.5 Å². The minimum absolute atomic E-state index is 0.0281. The van der Waals surface area contributed by atoms with Crippen molar-refractivity contribution in [3.63, 3.8) is 0 Å². The highest BCUT2D eigenvalue weighted by Gasteiger charge is 2.17. The molecule has 0 saturated carbocycles. The Morgan fingerprint density at radius 3 is 2.66 bits per heavy atom. The van der Waals surface area contributed by atoms with Crippen LogP contribution in [0, 0.1) is 5.82 Å². The second kappa shape index (κ2) is 10.2. The number of rotatable bonds is 7. The summed E-state index contributed by atoms with van der Waals surface area (Å²) in [5, 5.41) is 3.51. The lowest BCUT2D eigenvalue weighted by atomic mass is 10.1. The van der Waals surface area contributed by atoms with Crippen LogP contribution in [0.15, 0.2) is 76.7 Å². The number of carbonyl (C=O) groups is 1. The molecule has 1 amide bonds. The van der Waals surface area contributed by atoms with E-state index in [-0.39, 0.29) is 28.1 Å². The summed E-state index contributed by atoms with van der Waals surface area (Å²) in [6.45, 7) is 1.49. The Labute approximate surface area is 204 Å². The molecule has 0 radical (unpaired) electrons. The van der Waals surface area contributed by atoms with Gasteiger partial charge in [-0.2, -0.15) is 0 Å². The molecule has 1 aliphatic rings. The quantitative estimate of drug-likeness (QED) is 0.313. The summed E-state index contributed by atoms with van der Waals surface area (Å²) in [5.41, 5.74) is 1.22. The number of para-hydroxylation sites is 2. The largest absolute Gasteiger partial charge is 0.486 e. The molecule has 178 valence electrons. The third-order valence-corrected chi connectivity index (χ3v) is 6.45. The van der Waals surface area contributed by atoms with Crippen molar-refractivity contribution >= 4 is 28.6 Å². The van der Waals surface area contributed by atoms with Gasteiger partial charge in [-0.05, 0) is 48.4 Å². The number of thioether (sulfide) groups is 1. The van der Waals surface area contributed by atoms with Crippen LogP contribution in [0.25, 0.3) is 16.6 Å². The standard InChI is InChI=1S/C26H22FN3O4S/c27-19-6-2-4-8-21(19)30-25(32)18-5-1-3-7-20(18)29-26(30)35-16-24(31)28-12-11-17-9-10-22-23(15-17)34-14-13-33-22/h1-10,15H,11-14,16H2,(H,28,31). The molecule has 0 unspecified atom stereocenters. The zero-order valence-corrected chi connectivity index (χ0v) is 19.5. The Morgan fingerprint density at radius 2 is 1.80 bits per heavy atom. The zero-order chi connectivity index (χ0) is 24.2. The molecule has 5 rings (SSSR count). The first-order valence-corrected chi connectivity index (χ1v) is 12.1. The molecular weight excluding hydrogens is 469 g/mol. The van der Waals surface area contributed by atoms with Gasteiger partial charge in [0.25, 0.3) is 5.56 Å². The number of nitrogens with one attached hydrogen (secondary N) is 1. The number of hydrogen-bond donors (Lipinski definition) is 1. The van der Waals surface area contributed by atoms with Gasteiger partial charge in [-0.1, -0.05) is 42.1 Å². The monoisotopic (exact) mass is 491 g/mol. The van der Waals surface area contributed by atoms with Crippen molar-refractivity contribution in [1.82, 2.24) is 14.9 Å². The van der Waals surface area contributed by atoms with Gasteiger partial charge in [0.05, 0.1) is 22.3 Å². The Bertz CT molecular complexity index is 1460. The first-order valence-electron chi connectivity index (χ1n) is 11.1. The van der Waals surface area contributed by atoms with Gasteiger partial charge in [-0.15, -0.1) is 0 Å². The number of nitrogens with zero attached hydrogens (tertiary/aromatic N) is 2. The van der Waals surface area contributed by atoms with Crippen LogP contribution >= 0.6 is 11.8 Å². The molecule has 0 bridgehead atoms. The predicted molar refractivity (Wildman–Crippen MR) is 132 cm³/mol. The summed E-state index contributed by atoms with van der Waals surface area (Å²) < 4.78 is 26.9. The number of aromatic nitrogens is 2. The van der Waals surface area contributed by atoms with Gasteiger partial charge in [0.15, 0.2) is 16.7 Å². The van der Waals surface area contributed by atoms with Crippen LogP contribution in [0.4, 0.5) is 4.39 Å². The molecule has 1 aliphatic heterocycles. The van der Waals surface area contributed by atoms with Crippen LogP contribution in [-0.2, 0) is 11.2 Å². The molecular formula is C26H22FN3O4S. The van der Waals surface area contributed by atoms with E-state index in [0.717, 1.165) is 23.1 Å². The minimum Gasteiger partial charge on any atom is -0.486 e. The summed E-state index contributed by atoms with van der Waals surface area (Å²) in [7, 11) is 0. The van der Waals surface area contributed by atoms with E-state index < -0.39 is 5.82 Å². The third kappa shape index (κ3) is 5.00. The highest BCUT2D eigenvalue weighted by molar-refractivity contribution is 7.99. The van der Waals surface area contributed by atoms with E-state index in [1.165, 1.54) is 16.7 Å². The van der Waals surface area contributed by atoms with E-state index in [1.54, 1.807) is 36.4 Å². The normalized spacial score (nSPS) is 12.5. The number of benzene rings is 3. The fraction of sp³-hybridized carbons (Fsp3) is 0.192. The predicted octanol–water partition coefficient (Wildman–Crippen LogP) is 3.75. The average molecular weight is 492 g/mol. The van der Waals surface area contributed by atoms with Gasteiger partial charge in [0, 0.05) is 6.54 Å². The van der Waals surface area contributed by atoms with E-state index in [0.29, 0.717) is 42.8 Å². The van der Waals surface area contributed by atoms with Crippen LogP contribution in [0.1, 0.15) is 5.56 Å². The van der Waals surface area contributed by atoms with Crippen LogP contribution < -0.4 is 20.3 Å². The average Bonchev–Trinajstić information content (AvgIpc) is 2.88. The molecule has 2 heterocycles. The molecule has 0 atom stereocenters. The maximum atomic E-state index is 14.6. The number of hydrogen-bond acceptors (Lipinski definition) is 6. The van der Waals surface area contributed by atoms with E-state index in [4.69, 9.17) is 9.47 Å². The SMILES string of the molecule is O=C(CSc1nc2ccccc2c(=O)n1-c1ccccc1F)NCCc1ccc2c(c1)OCCO2. The maximum absolute atomic E-state index is 14.6. The van der Waals surface area contributed by atoms with E-state index >= 15 is 0 Å². The van der Waals surface area contributed by atoms with Gasteiger partial charge >= 0.3 is 0 Å². The Balaban J connectivity index is 1.29. The van der Waals surface area contributed by atoms with Gasteiger partial charge in [0.2, 0.25) is 5.91 Å². The number of amides is 1. The zero-order valence-electron chi connectivity index (χ0n) is 18.7. The molecule has 0 aliphatic carbocycles. The molecule has 3 aromatic carbocycles. The third-order valence-electron chi connectivity index (χ3n) is 5.51. The van der Waals surface area contributed by atoms with Crippen molar-refractivity contribution in [1.29, 1.82) is 0 Å². The van der Waals surface area contributed by atoms with Crippen LogP contribution in [0.2, 0.25) is 0 Å². The van der Waals surface area contributed by atoms with Crippen molar-refractivity contribution in [2.45, 2.75) is 11.6 Å². The molecule has 0 spiro atoms. The van der Waals surface area contributed by atoms with E-state index in [9.17, 15) is 14.0 Å². The van der Waals surface area contributed by atoms with Crippen molar-refractivity contribution in [3.8, 4) is 17.2 Å². The highest BCUT2D eigenvalue weighted by Crippen LogP contribution is 2.30. The second-order valence-corrected chi connectivity index (χ2v) is 8.81. The van der Waals surface area contributed by atoms with Gasteiger partial charge in [-0.25, -0.2) is 9.37 Å². The first-order chi connectivity index (χ1) is 17.1. The number of ether oxygens (including phenoxy) is 2. The van der Waals surface area contributed by atoms with Crippen molar-refractivity contribution in [2.75, 3.05) is 25.5 Å². The molecule has 0 saturated heterocycles. The Morgan fingerprint density at radius 1 is 1.03 bits per heavy atom. The lowest BCUT2D eigenvalue weighted by Gasteiger charge is -2.18. The first kappa shape index (κ1) is 22.9. The van der Waals surface area contributed by atoms with Gasteiger partial charge in [0.1, 0.15) is 19.0 Å². The summed E-state index contributed by atoms with van der Waals surface area (Å²) in [4.78, 5) is 30.3. The number of carbonyl (C=O) groups excluding carboxylic acids is 1. The maximum Gasteiger partial charge on any atom is 0.266 e. The Hall–Kier alpha value is -3.85. The summed E-state index contributed by atoms with van der Waals surface area (Å²) in [5.74, 6) is 0.709. The van der Waals surface area contributed by atoms with Crippen LogP contribution in [0.3, 0.4) is 0 Å². The molecule has 9 heteroatoms. The van der Waals surface area contributed by atoms with Gasteiger partial charge < -0.3 is 14.8 Å². The van der Waals surface area contributed by atoms with Crippen molar-refractivity contribution in [3.05, 3.63) is 88.5 Å². The van der Waals surface area contributed by atoms with Crippen molar-refractivity contribution < 1.29 is 18.7 Å². The lowest BCUT2D eigenvalue weighted by molar-refractivity contribution is -0.118.